The van der Waals surface area contributed by atoms with E-state index >= 15 is 0 Å². The summed E-state index contributed by atoms with van der Waals surface area (Å²) in [6.45, 7) is 0.267. The van der Waals surface area contributed by atoms with Gasteiger partial charge in [-0.1, -0.05) is 5.16 Å². The molecule has 0 fully saturated rings. The Morgan fingerprint density at radius 2 is 2.39 bits per heavy atom. The Morgan fingerprint density at radius 3 is 3.13 bits per heavy atom. The number of nitrogens with one attached hydrogen (secondary N) is 2. The van der Waals surface area contributed by atoms with E-state index in [1.54, 1.807) is 31.0 Å². The lowest BCUT2D eigenvalue weighted by Gasteiger charge is -2.03. The lowest BCUT2D eigenvalue weighted by Crippen LogP contribution is -2.24. The summed E-state index contributed by atoms with van der Waals surface area (Å²) in [7, 11) is 0. The SMILES string of the molecule is O=C(O)NCCON=C(c1ccoc1)c1cc2ccncc2[nH]1. The van der Waals surface area contributed by atoms with Crippen LogP contribution in [0, 0.1) is 0 Å². The van der Waals surface area contributed by atoms with Crippen molar-refractivity contribution < 1.29 is 19.2 Å². The van der Waals surface area contributed by atoms with Gasteiger partial charge in [-0.3, -0.25) is 4.98 Å². The Balaban J connectivity index is 1.82. The molecular weight excluding hydrogens is 300 g/mol. The molecule has 0 saturated heterocycles. The molecule has 3 N–H and O–H groups in total. The van der Waals surface area contributed by atoms with Gasteiger partial charge in [0.2, 0.25) is 0 Å². The van der Waals surface area contributed by atoms with E-state index in [1.807, 2.05) is 12.1 Å². The molecule has 8 heteroatoms. The molecule has 0 radical (unpaired) electrons. The van der Waals surface area contributed by atoms with Crippen molar-refractivity contribution >= 4 is 22.7 Å². The number of aromatic nitrogens is 2. The number of pyridine rings is 1. The number of carboxylic acid groups (broad SMARTS) is 1. The van der Waals surface area contributed by atoms with Crippen LogP contribution in [0.1, 0.15) is 11.3 Å². The van der Waals surface area contributed by atoms with Crippen molar-refractivity contribution in [1.82, 2.24) is 15.3 Å². The molecule has 0 atom stereocenters. The van der Waals surface area contributed by atoms with E-state index < -0.39 is 6.09 Å². The summed E-state index contributed by atoms with van der Waals surface area (Å²) in [4.78, 5) is 22.9. The number of hydrogen-bond donors (Lipinski definition) is 3. The molecule has 8 nitrogen and oxygen atoms in total. The largest absolute Gasteiger partial charge is 0.472 e. The maximum absolute atomic E-state index is 10.4. The minimum absolute atomic E-state index is 0.120. The van der Waals surface area contributed by atoms with Gasteiger partial charge in [0.15, 0.2) is 0 Å². The van der Waals surface area contributed by atoms with Crippen molar-refractivity contribution in [2.24, 2.45) is 5.16 Å². The quantitative estimate of drug-likeness (QED) is 0.367. The molecule has 23 heavy (non-hydrogen) atoms. The monoisotopic (exact) mass is 314 g/mol. The summed E-state index contributed by atoms with van der Waals surface area (Å²) in [6, 6.07) is 5.59. The summed E-state index contributed by atoms with van der Waals surface area (Å²) in [5.74, 6) is 0. The maximum Gasteiger partial charge on any atom is 0.404 e. The van der Waals surface area contributed by atoms with Crippen molar-refractivity contribution in [2.75, 3.05) is 13.2 Å². The highest BCUT2D eigenvalue weighted by Gasteiger charge is 2.12. The maximum atomic E-state index is 10.4. The zero-order valence-corrected chi connectivity index (χ0v) is 12.0. The molecule has 0 bridgehead atoms. The van der Waals surface area contributed by atoms with Crippen LogP contribution in [-0.4, -0.2) is 40.0 Å². The first kappa shape index (κ1) is 14.6. The fourth-order valence-corrected chi connectivity index (χ4v) is 2.07. The number of nitrogens with zero attached hydrogens (tertiary/aromatic N) is 2. The van der Waals surface area contributed by atoms with E-state index in [0.717, 1.165) is 22.2 Å². The van der Waals surface area contributed by atoms with Gasteiger partial charge in [-0.2, -0.15) is 0 Å². The van der Waals surface area contributed by atoms with Gasteiger partial charge in [0.25, 0.3) is 0 Å². The van der Waals surface area contributed by atoms with Gasteiger partial charge in [-0.05, 0) is 18.2 Å². The van der Waals surface area contributed by atoms with Gasteiger partial charge in [-0.15, -0.1) is 0 Å². The third-order valence-corrected chi connectivity index (χ3v) is 3.10. The molecule has 3 heterocycles. The number of fused-ring (bicyclic) bond motifs is 1. The van der Waals surface area contributed by atoms with Gasteiger partial charge in [0.1, 0.15) is 12.3 Å². The summed E-state index contributed by atoms with van der Waals surface area (Å²) >= 11 is 0. The summed E-state index contributed by atoms with van der Waals surface area (Å²) in [5, 5.41) is 15.8. The van der Waals surface area contributed by atoms with E-state index in [0.29, 0.717) is 5.71 Å². The van der Waals surface area contributed by atoms with E-state index in [4.69, 9.17) is 14.4 Å². The number of hydrogen-bond acceptors (Lipinski definition) is 5. The first-order valence-electron chi connectivity index (χ1n) is 6.86. The van der Waals surface area contributed by atoms with Crippen molar-refractivity contribution in [3.05, 3.63) is 54.4 Å². The van der Waals surface area contributed by atoms with Gasteiger partial charge in [0.05, 0.1) is 36.5 Å². The van der Waals surface area contributed by atoms with Gasteiger partial charge < -0.3 is 24.7 Å². The van der Waals surface area contributed by atoms with E-state index in [9.17, 15) is 4.79 Å². The Labute approximate surface area is 130 Å². The molecule has 0 aliphatic heterocycles. The van der Waals surface area contributed by atoms with Crippen LogP contribution in [0.4, 0.5) is 4.79 Å². The lowest BCUT2D eigenvalue weighted by molar-refractivity contribution is 0.141. The third-order valence-electron chi connectivity index (χ3n) is 3.10. The Kier molecular flexibility index (Phi) is 4.23. The van der Waals surface area contributed by atoms with Crippen LogP contribution >= 0.6 is 0 Å². The molecule has 0 aliphatic carbocycles. The summed E-state index contributed by atoms with van der Waals surface area (Å²) in [5.41, 5.74) is 2.94. The normalized spacial score (nSPS) is 11.6. The molecule has 0 aliphatic rings. The second kappa shape index (κ2) is 6.65. The zero-order valence-electron chi connectivity index (χ0n) is 12.0. The van der Waals surface area contributed by atoms with E-state index in [1.165, 1.54) is 0 Å². The second-order valence-electron chi connectivity index (χ2n) is 4.66. The number of amides is 1. The minimum Gasteiger partial charge on any atom is -0.472 e. The Bertz CT molecular complexity index is 790. The molecule has 0 aromatic carbocycles. The van der Waals surface area contributed by atoms with Crippen molar-refractivity contribution in [3.63, 3.8) is 0 Å². The fourth-order valence-electron chi connectivity index (χ4n) is 2.07. The lowest BCUT2D eigenvalue weighted by atomic mass is 10.1. The van der Waals surface area contributed by atoms with Crippen molar-refractivity contribution in [1.29, 1.82) is 0 Å². The number of rotatable bonds is 6. The number of H-pyrrole nitrogens is 1. The predicted molar refractivity (Wildman–Crippen MR) is 82.4 cm³/mol. The van der Waals surface area contributed by atoms with Crippen LogP contribution in [0.25, 0.3) is 10.9 Å². The predicted octanol–water partition coefficient (Wildman–Crippen LogP) is 2.19. The molecule has 3 aromatic rings. The molecular formula is C15H14N4O4. The van der Waals surface area contributed by atoms with Crippen molar-refractivity contribution in [3.8, 4) is 0 Å². The number of furan rings is 1. The standard InChI is InChI=1S/C15H14N4O4/c20-15(21)17-4-6-23-19-14(11-2-5-22-9-11)12-7-10-1-3-16-8-13(10)18-12/h1-3,5,7-9,17-18H,4,6H2,(H,20,21). The Hall–Kier alpha value is -3.29. The van der Waals surface area contributed by atoms with Gasteiger partial charge in [0, 0.05) is 17.1 Å². The summed E-state index contributed by atoms with van der Waals surface area (Å²) in [6.07, 6.45) is 5.44. The third kappa shape index (κ3) is 3.49. The van der Waals surface area contributed by atoms with Gasteiger partial charge in [-0.25, -0.2) is 4.79 Å². The number of aromatic amines is 1. The molecule has 0 saturated carbocycles. The Morgan fingerprint density at radius 1 is 1.48 bits per heavy atom. The average Bonchev–Trinajstić information content (AvgIpc) is 3.19. The molecule has 3 aromatic heterocycles. The minimum atomic E-state index is -1.10. The summed E-state index contributed by atoms with van der Waals surface area (Å²) < 4.78 is 5.10. The molecule has 118 valence electrons. The van der Waals surface area contributed by atoms with Crippen LogP contribution < -0.4 is 5.32 Å². The topological polar surface area (TPSA) is 113 Å². The zero-order chi connectivity index (χ0) is 16.1. The molecule has 0 spiro atoms. The van der Waals surface area contributed by atoms with Crippen LogP contribution in [0.15, 0.2) is 52.7 Å². The fraction of sp³-hybridized carbons (Fsp3) is 0.133. The van der Waals surface area contributed by atoms with Crippen LogP contribution in [0.5, 0.6) is 0 Å². The van der Waals surface area contributed by atoms with Crippen LogP contribution in [-0.2, 0) is 4.84 Å². The molecule has 3 rings (SSSR count). The molecule has 0 unspecified atom stereocenters. The average molecular weight is 314 g/mol. The number of oxime groups is 1. The van der Waals surface area contributed by atoms with Gasteiger partial charge >= 0.3 is 6.09 Å². The highest BCUT2D eigenvalue weighted by Crippen LogP contribution is 2.17. The van der Waals surface area contributed by atoms with Crippen LogP contribution in [0.2, 0.25) is 0 Å². The molecule has 1 amide bonds. The first-order chi connectivity index (χ1) is 11.2. The van der Waals surface area contributed by atoms with E-state index in [2.05, 4.69) is 20.4 Å². The highest BCUT2D eigenvalue weighted by molar-refractivity contribution is 6.13. The van der Waals surface area contributed by atoms with Crippen molar-refractivity contribution in [2.45, 2.75) is 0 Å². The van der Waals surface area contributed by atoms with Crippen LogP contribution in [0.3, 0.4) is 0 Å². The first-order valence-corrected chi connectivity index (χ1v) is 6.86. The number of carbonyl (C=O) groups is 1. The highest BCUT2D eigenvalue weighted by atomic mass is 16.6. The van der Waals surface area contributed by atoms with E-state index in [-0.39, 0.29) is 13.2 Å². The smallest absolute Gasteiger partial charge is 0.404 e. The second-order valence-corrected chi connectivity index (χ2v) is 4.66.